The summed E-state index contributed by atoms with van der Waals surface area (Å²) in [5.41, 5.74) is 3.57. The second-order valence-corrected chi connectivity index (χ2v) is 14.4. The molecule has 1 saturated heterocycles. The molecule has 46 heavy (non-hydrogen) atoms. The lowest BCUT2D eigenvalue weighted by atomic mass is 9.43. The van der Waals surface area contributed by atoms with E-state index in [4.69, 9.17) is 14.7 Å². The van der Waals surface area contributed by atoms with Crippen LogP contribution in [0.3, 0.4) is 0 Å². The normalized spacial score (nSPS) is 25.7. The van der Waals surface area contributed by atoms with Crippen LogP contribution < -0.4 is 21.4 Å². The Morgan fingerprint density at radius 1 is 1.20 bits per heavy atom. The monoisotopic (exact) mass is 637 g/mol. The molecule has 6 N–H and O–H groups in total. The Morgan fingerprint density at radius 2 is 1.96 bits per heavy atom. The molecular formula is C32H48BN7O6. The minimum absolute atomic E-state index is 0.0185. The highest BCUT2D eigenvalue weighted by atomic mass is 16.7. The molecule has 1 aromatic heterocycles. The number of rotatable bonds is 14. The van der Waals surface area contributed by atoms with Gasteiger partial charge in [-0.3, -0.25) is 15.0 Å². The molecule has 6 rings (SSSR count). The summed E-state index contributed by atoms with van der Waals surface area (Å²) in [7, 11) is -0.593. The molecule has 0 unspecified atom stereocenters. The molecule has 14 heteroatoms. The minimum Gasteiger partial charge on any atom is -0.404 e. The number of hydrogen-bond donors (Lipinski definition) is 6. The fourth-order valence-electron chi connectivity index (χ4n) is 7.87. The Kier molecular flexibility index (Phi) is 9.97. The summed E-state index contributed by atoms with van der Waals surface area (Å²) < 4.78 is 13.2. The van der Waals surface area contributed by atoms with E-state index in [1.54, 1.807) is 5.43 Å². The van der Waals surface area contributed by atoms with E-state index in [0.717, 1.165) is 29.3 Å². The van der Waals surface area contributed by atoms with E-state index in [0.29, 0.717) is 31.1 Å². The summed E-state index contributed by atoms with van der Waals surface area (Å²) in [5, 5.41) is 27.2. The summed E-state index contributed by atoms with van der Waals surface area (Å²) in [6.07, 6.45) is 5.96. The lowest BCUT2D eigenvalue weighted by molar-refractivity contribution is -0.525. The van der Waals surface area contributed by atoms with Crippen LogP contribution in [0.1, 0.15) is 78.7 Å². The number of carbonyl (C=O) groups is 2. The van der Waals surface area contributed by atoms with Gasteiger partial charge in [-0.25, -0.2) is 10.1 Å². The van der Waals surface area contributed by atoms with Gasteiger partial charge in [-0.2, -0.15) is 0 Å². The maximum absolute atomic E-state index is 13.9. The van der Waals surface area contributed by atoms with Crippen LogP contribution in [0.2, 0.25) is 0 Å². The number of aryl methyl sites for hydroxylation is 1. The molecule has 1 aromatic carbocycles. The number of benzene rings is 1. The standard InChI is InChI=1S/C32H48BN7O6/c1-19(2)15-27(33-45-26-17-21-16-25(31(21,3)4)32(26,5)46-33)38-29(42)24(11-8-14-35-30(34)39-40(43)44)37-28(41)13-12-20-18-36-23-10-7-6-9-22(20)23/h6-7,9-10,18-19,21,24-27,36H,8,11-17H2,1-5H3,(H,37,41)(H,38,42)(H3,34,35,39)/t21-,24-,25-,26+,27-,32-/m0/s1. The molecule has 0 spiro atoms. The fraction of sp³-hybridized carbons (Fsp3) is 0.656. The van der Waals surface area contributed by atoms with Gasteiger partial charge in [-0.05, 0) is 80.2 Å². The van der Waals surface area contributed by atoms with Crippen molar-refractivity contribution < 1.29 is 23.9 Å². The zero-order valence-corrected chi connectivity index (χ0v) is 27.5. The van der Waals surface area contributed by atoms with Gasteiger partial charge >= 0.3 is 7.12 Å². The van der Waals surface area contributed by atoms with Gasteiger partial charge in [0.25, 0.3) is 5.96 Å². The number of para-hydroxylation sites is 1. The topological polar surface area (TPSA) is 183 Å². The van der Waals surface area contributed by atoms with Crippen molar-refractivity contribution in [2.45, 2.75) is 103 Å². The summed E-state index contributed by atoms with van der Waals surface area (Å²) in [6, 6.07) is 7.05. The second kappa shape index (κ2) is 13.6. The number of hydrazine groups is 1. The minimum atomic E-state index is -0.851. The van der Waals surface area contributed by atoms with Crippen molar-refractivity contribution in [3.63, 3.8) is 0 Å². The van der Waals surface area contributed by atoms with Gasteiger partial charge in [0.15, 0.2) is 5.03 Å². The molecule has 3 saturated carbocycles. The molecular weight excluding hydrogens is 589 g/mol. The van der Waals surface area contributed by atoms with Crippen LogP contribution in [-0.2, 0) is 25.3 Å². The Labute approximate surface area is 270 Å². The Morgan fingerprint density at radius 3 is 2.67 bits per heavy atom. The van der Waals surface area contributed by atoms with E-state index >= 15 is 0 Å². The van der Waals surface area contributed by atoms with E-state index in [1.807, 2.05) is 30.5 Å². The highest BCUT2D eigenvalue weighted by Crippen LogP contribution is 2.65. The first-order valence-corrected chi connectivity index (χ1v) is 16.5. The molecule has 2 bridgehead atoms. The third-order valence-electron chi connectivity index (χ3n) is 10.5. The highest BCUT2D eigenvalue weighted by Gasteiger charge is 2.68. The molecule has 2 amide bonds. The molecule has 1 aliphatic heterocycles. The molecule has 2 aromatic rings. The summed E-state index contributed by atoms with van der Waals surface area (Å²) in [4.78, 5) is 40.9. The first-order valence-electron chi connectivity index (χ1n) is 16.5. The lowest BCUT2D eigenvalue weighted by Crippen LogP contribution is -2.65. The number of carbonyl (C=O) groups excluding carboxylic acids is 2. The van der Waals surface area contributed by atoms with Gasteiger partial charge in [0.2, 0.25) is 11.8 Å². The van der Waals surface area contributed by atoms with Crippen molar-refractivity contribution in [1.82, 2.24) is 26.4 Å². The van der Waals surface area contributed by atoms with Gasteiger partial charge in [-0.15, -0.1) is 0 Å². The smallest absolute Gasteiger partial charge is 0.404 e. The van der Waals surface area contributed by atoms with Crippen molar-refractivity contribution in [2.24, 2.45) is 23.2 Å². The van der Waals surface area contributed by atoms with E-state index in [9.17, 15) is 19.7 Å². The number of nitrogens with zero attached hydrogens (tertiary/aromatic N) is 1. The quantitative estimate of drug-likeness (QED) is 0.0454. The molecule has 4 fully saturated rings. The van der Waals surface area contributed by atoms with Crippen LogP contribution in [0.4, 0.5) is 0 Å². The van der Waals surface area contributed by atoms with Gasteiger partial charge < -0.3 is 30.2 Å². The number of aromatic nitrogens is 1. The van der Waals surface area contributed by atoms with E-state index in [-0.39, 0.29) is 48.6 Å². The van der Waals surface area contributed by atoms with Crippen LogP contribution in [0.15, 0.2) is 30.5 Å². The number of aromatic amines is 1. The van der Waals surface area contributed by atoms with E-state index in [1.165, 1.54) is 0 Å². The molecule has 4 aliphatic rings. The van der Waals surface area contributed by atoms with Crippen LogP contribution in [-0.4, -0.2) is 65.1 Å². The number of hydrogen-bond acceptors (Lipinski definition) is 7. The number of guanidine groups is 1. The van der Waals surface area contributed by atoms with Crippen molar-refractivity contribution in [2.75, 3.05) is 6.54 Å². The Bertz CT molecular complexity index is 1450. The third kappa shape index (κ3) is 7.17. The van der Waals surface area contributed by atoms with Crippen LogP contribution in [0.5, 0.6) is 0 Å². The number of H-pyrrole nitrogens is 1. The van der Waals surface area contributed by atoms with Crippen LogP contribution in [0, 0.1) is 38.7 Å². The van der Waals surface area contributed by atoms with Gasteiger partial charge in [0, 0.05) is 30.1 Å². The van der Waals surface area contributed by atoms with Crippen molar-refractivity contribution in [3.8, 4) is 0 Å². The zero-order valence-electron chi connectivity index (χ0n) is 27.5. The van der Waals surface area contributed by atoms with E-state index in [2.05, 4.69) is 55.6 Å². The average molecular weight is 638 g/mol. The van der Waals surface area contributed by atoms with Gasteiger partial charge in [-0.1, -0.05) is 51.3 Å². The Balaban J connectivity index is 1.24. The first-order chi connectivity index (χ1) is 21.8. The third-order valence-corrected chi connectivity index (χ3v) is 10.5. The predicted molar refractivity (Wildman–Crippen MR) is 175 cm³/mol. The summed E-state index contributed by atoms with van der Waals surface area (Å²) in [5.74, 6) is -0.183. The molecule has 250 valence electrons. The van der Waals surface area contributed by atoms with Crippen LogP contribution in [0.25, 0.3) is 10.9 Å². The van der Waals surface area contributed by atoms with E-state index < -0.39 is 35.7 Å². The highest BCUT2D eigenvalue weighted by molar-refractivity contribution is 6.48. The number of nitrogens with one attached hydrogen (secondary N) is 6. The zero-order chi connectivity index (χ0) is 33.2. The van der Waals surface area contributed by atoms with Gasteiger partial charge in [0.1, 0.15) is 6.04 Å². The second-order valence-electron chi connectivity index (χ2n) is 14.4. The number of nitro groups is 1. The first kappa shape index (κ1) is 33.7. The molecule has 13 nitrogen and oxygen atoms in total. The maximum atomic E-state index is 13.9. The van der Waals surface area contributed by atoms with Crippen molar-refractivity contribution >= 4 is 35.8 Å². The number of amides is 2. The maximum Gasteiger partial charge on any atom is 0.481 e. The summed E-state index contributed by atoms with van der Waals surface area (Å²) >= 11 is 0. The van der Waals surface area contributed by atoms with Crippen molar-refractivity contribution in [3.05, 3.63) is 46.1 Å². The lowest BCUT2D eigenvalue weighted by Gasteiger charge is -2.64. The average Bonchev–Trinajstić information content (AvgIpc) is 3.57. The number of fused-ring (bicyclic) bond motifs is 1. The predicted octanol–water partition coefficient (Wildman–Crippen LogP) is 3.47. The Hall–Kier alpha value is -3.65. The molecule has 2 heterocycles. The largest absolute Gasteiger partial charge is 0.481 e. The molecule has 0 radical (unpaired) electrons. The fourth-order valence-corrected chi connectivity index (χ4v) is 7.87. The molecule has 3 aliphatic carbocycles. The van der Waals surface area contributed by atoms with Crippen LogP contribution >= 0.6 is 0 Å². The molecule has 6 atom stereocenters. The van der Waals surface area contributed by atoms with Gasteiger partial charge in [0.05, 0.1) is 17.6 Å². The summed E-state index contributed by atoms with van der Waals surface area (Å²) in [6.45, 7) is 11.2. The van der Waals surface area contributed by atoms with Crippen molar-refractivity contribution in [1.29, 1.82) is 5.41 Å². The SMILES string of the molecule is CC(C)C[C@H](NC(=O)[C@H](CCCNC(=N)N[N+](=O)[O-])NC(=O)CCc1c[nH]c2ccccc12)B1O[C@@H]2C[C@@H]3C[C@@H](C3(C)C)[C@]2(C)O1.